The number of nitrogens with one attached hydrogen (secondary N) is 2. The molecule has 13 heteroatoms. The van der Waals surface area contributed by atoms with Gasteiger partial charge in [0.25, 0.3) is 10.0 Å². The third kappa shape index (κ3) is 4.57. The summed E-state index contributed by atoms with van der Waals surface area (Å²) >= 11 is 18.1. The lowest BCUT2D eigenvalue weighted by Crippen LogP contribution is -2.28. The predicted molar refractivity (Wildman–Crippen MR) is 114 cm³/mol. The summed E-state index contributed by atoms with van der Waals surface area (Å²) in [5.41, 5.74) is 0.165. The molecular weight excluding hydrogens is 477 g/mol. The van der Waals surface area contributed by atoms with Crippen molar-refractivity contribution in [3.8, 4) is 11.9 Å². The first kappa shape index (κ1) is 22.4. The lowest BCUT2D eigenvalue weighted by Gasteiger charge is -2.18. The molecule has 0 aromatic heterocycles. The molecule has 1 aliphatic heterocycles. The third-order valence-electron chi connectivity index (χ3n) is 3.92. The number of phenolic OH excluding ortho intramolecular Hbond substituents is 1. The van der Waals surface area contributed by atoms with E-state index >= 15 is 0 Å². The highest BCUT2D eigenvalue weighted by Gasteiger charge is 2.34. The Morgan fingerprint density at radius 3 is 2.67 bits per heavy atom. The molecule has 0 aliphatic carbocycles. The average Bonchev–Trinajstić information content (AvgIpc) is 3.23. The Balaban J connectivity index is 2.02. The number of aliphatic imine (C=N–C) groups is 1. The van der Waals surface area contributed by atoms with Crippen LogP contribution in [-0.4, -0.2) is 37.1 Å². The molecule has 0 unspecified atom stereocenters. The number of hydrogen-bond donors (Lipinski definition) is 3. The number of phenols is 1. The molecule has 2 aromatic carbocycles. The van der Waals surface area contributed by atoms with Crippen molar-refractivity contribution in [3.05, 3.63) is 45.4 Å². The van der Waals surface area contributed by atoms with Crippen LogP contribution in [-0.2, 0) is 14.9 Å². The SMILES string of the molecule is N#CNC(=Nc1cccc(Cl)c1Cl)Nc1ccc(Cl)c(S(=O)(=O)N2CCCO2)c1O. The van der Waals surface area contributed by atoms with Crippen LogP contribution in [0, 0.1) is 11.5 Å². The first-order chi connectivity index (χ1) is 14.3. The molecule has 9 nitrogen and oxygen atoms in total. The van der Waals surface area contributed by atoms with E-state index in [4.69, 9.17) is 44.9 Å². The van der Waals surface area contributed by atoms with E-state index in [1.54, 1.807) is 24.4 Å². The Morgan fingerprint density at radius 1 is 1.23 bits per heavy atom. The Kier molecular flexibility index (Phi) is 6.92. The van der Waals surface area contributed by atoms with Crippen molar-refractivity contribution in [2.45, 2.75) is 11.3 Å². The number of nitriles is 1. The van der Waals surface area contributed by atoms with Crippen molar-refractivity contribution >= 4 is 62.2 Å². The van der Waals surface area contributed by atoms with E-state index in [9.17, 15) is 13.5 Å². The van der Waals surface area contributed by atoms with Crippen molar-refractivity contribution in [2.75, 3.05) is 18.5 Å². The zero-order valence-corrected chi connectivity index (χ0v) is 18.1. The summed E-state index contributed by atoms with van der Waals surface area (Å²) in [6, 6.07) is 7.34. The van der Waals surface area contributed by atoms with Gasteiger partial charge < -0.3 is 10.4 Å². The third-order valence-corrected chi connectivity index (χ3v) is 6.91. The lowest BCUT2D eigenvalue weighted by atomic mass is 10.3. The zero-order chi connectivity index (χ0) is 21.9. The van der Waals surface area contributed by atoms with Crippen LogP contribution in [0.25, 0.3) is 0 Å². The van der Waals surface area contributed by atoms with Crippen molar-refractivity contribution in [3.63, 3.8) is 0 Å². The van der Waals surface area contributed by atoms with Crippen LogP contribution in [0.15, 0.2) is 40.2 Å². The maximum atomic E-state index is 12.8. The summed E-state index contributed by atoms with van der Waals surface area (Å²) in [7, 11) is -4.22. The topological polar surface area (TPSA) is 127 Å². The minimum absolute atomic E-state index is 0.0724. The summed E-state index contributed by atoms with van der Waals surface area (Å²) in [6.45, 7) is 0.366. The number of hydrogen-bond acceptors (Lipinski definition) is 6. The van der Waals surface area contributed by atoms with Crippen LogP contribution in [0.3, 0.4) is 0 Å². The first-order valence-corrected chi connectivity index (χ1v) is 10.9. The van der Waals surface area contributed by atoms with Crippen LogP contribution in [0.2, 0.25) is 15.1 Å². The molecule has 1 fully saturated rings. The molecule has 0 radical (unpaired) electrons. The Morgan fingerprint density at radius 2 is 2.00 bits per heavy atom. The first-order valence-electron chi connectivity index (χ1n) is 8.37. The van der Waals surface area contributed by atoms with Gasteiger partial charge in [-0.05, 0) is 30.7 Å². The van der Waals surface area contributed by atoms with Crippen LogP contribution in [0.4, 0.5) is 11.4 Å². The largest absolute Gasteiger partial charge is 0.504 e. The maximum Gasteiger partial charge on any atom is 0.270 e. The highest BCUT2D eigenvalue weighted by atomic mass is 35.5. The van der Waals surface area contributed by atoms with E-state index in [-0.39, 0.29) is 45.6 Å². The molecule has 1 heterocycles. The summed E-state index contributed by atoms with van der Waals surface area (Å²) in [5, 5.41) is 24.8. The van der Waals surface area contributed by atoms with Gasteiger partial charge in [0, 0.05) is 6.54 Å². The maximum absolute atomic E-state index is 12.8. The molecule has 3 rings (SSSR count). The molecule has 0 amide bonds. The van der Waals surface area contributed by atoms with Gasteiger partial charge in [-0.1, -0.05) is 45.3 Å². The minimum atomic E-state index is -4.22. The van der Waals surface area contributed by atoms with Gasteiger partial charge in [-0.2, -0.15) is 5.26 Å². The fourth-order valence-electron chi connectivity index (χ4n) is 2.58. The van der Waals surface area contributed by atoms with Gasteiger partial charge in [0.2, 0.25) is 5.96 Å². The molecule has 1 aliphatic rings. The van der Waals surface area contributed by atoms with Gasteiger partial charge in [0.05, 0.1) is 33.0 Å². The smallest absolute Gasteiger partial charge is 0.270 e. The van der Waals surface area contributed by atoms with Gasteiger partial charge in [0.15, 0.2) is 11.9 Å². The molecule has 0 spiro atoms. The monoisotopic (exact) mass is 489 g/mol. The van der Waals surface area contributed by atoms with Gasteiger partial charge in [-0.15, -0.1) is 0 Å². The molecule has 2 aromatic rings. The van der Waals surface area contributed by atoms with Crippen molar-refractivity contribution < 1.29 is 18.4 Å². The van der Waals surface area contributed by atoms with E-state index in [2.05, 4.69) is 15.6 Å². The molecule has 0 saturated carbocycles. The second kappa shape index (κ2) is 9.26. The van der Waals surface area contributed by atoms with Crippen LogP contribution in [0.1, 0.15) is 6.42 Å². The Bertz CT molecular complexity index is 1140. The van der Waals surface area contributed by atoms with E-state index in [1.807, 2.05) is 0 Å². The minimum Gasteiger partial charge on any atom is -0.504 e. The van der Waals surface area contributed by atoms with Crippen molar-refractivity contribution in [2.24, 2.45) is 4.99 Å². The number of rotatable bonds is 4. The number of hydroxylamine groups is 1. The number of anilines is 1. The normalized spacial score (nSPS) is 15.1. The second-order valence-corrected chi connectivity index (χ2v) is 8.84. The zero-order valence-electron chi connectivity index (χ0n) is 15.1. The Hall–Kier alpha value is -2.26. The van der Waals surface area contributed by atoms with Crippen LogP contribution >= 0.6 is 34.8 Å². The number of benzene rings is 2. The highest BCUT2D eigenvalue weighted by Crippen LogP contribution is 2.39. The predicted octanol–water partition coefficient (Wildman–Crippen LogP) is 3.85. The number of sulfonamides is 1. The van der Waals surface area contributed by atoms with Crippen molar-refractivity contribution in [1.82, 2.24) is 9.79 Å². The molecule has 3 N–H and O–H groups in total. The lowest BCUT2D eigenvalue weighted by molar-refractivity contribution is -0.0285. The Labute approximate surface area is 187 Å². The van der Waals surface area contributed by atoms with Crippen LogP contribution < -0.4 is 10.6 Å². The summed E-state index contributed by atoms with van der Waals surface area (Å²) in [5.74, 6) is -0.803. The summed E-state index contributed by atoms with van der Waals surface area (Å²) in [6.07, 6.45) is 2.20. The van der Waals surface area contributed by atoms with Gasteiger partial charge >= 0.3 is 0 Å². The number of halogens is 3. The number of aromatic hydroxyl groups is 1. The molecule has 158 valence electrons. The number of guanidine groups is 1. The average molecular weight is 491 g/mol. The van der Waals surface area contributed by atoms with Crippen molar-refractivity contribution in [1.29, 1.82) is 5.26 Å². The molecule has 0 atom stereocenters. The van der Waals surface area contributed by atoms with E-state index in [1.165, 1.54) is 12.1 Å². The molecular formula is C17H14Cl3N5O4S. The van der Waals surface area contributed by atoms with E-state index in [0.29, 0.717) is 6.42 Å². The molecule has 1 saturated heterocycles. The van der Waals surface area contributed by atoms with Gasteiger partial charge in [-0.25, -0.2) is 13.4 Å². The second-order valence-electron chi connectivity index (χ2n) is 5.89. The van der Waals surface area contributed by atoms with Gasteiger partial charge in [0.1, 0.15) is 4.90 Å². The molecule has 0 bridgehead atoms. The quantitative estimate of drug-likeness (QED) is 0.195. The van der Waals surface area contributed by atoms with Crippen LogP contribution in [0.5, 0.6) is 5.75 Å². The fraction of sp³-hybridized carbons (Fsp3) is 0.176. The van der Waals surface area contributed by atoms with E-state index < -0.39 is 20.7 Å². The fourth-order valence-corrected chi connectivity index (χ4v) is 4.81. The van der Waals surface area contributed by atoms with E-state index in [0.717, 1.165) is 4.47 Å². The summed E-state index contributed by atoms with van der Waals surface area (Å²) < 4.78 is 26.4. The highest BCUT2D eigenvalue weighted by molar-refractivity contribution is 7.89. The van der Waals surface area contributed by atoms with Gasteiger partial charge in [-0.3, -0.25) is 10.2 Å². The standard InChI is InChI=1S/C17H14Cl3N5O4S/c18-10-3-1-4-12(14(10)20)23-17(22-9-21)24-13-6-5-11(19)16(15(13)26)30(27,28)25-7-2-8-29-25/h1,3-6,26H,2,7-8H2,(H2,22,23,24). The molecule has 30 heavy (non-hydrogen) atoms. The number of nitrogens with zero attached hydrogens (tertiary/aromatic N) is 3. The summed E-state index contributed by atoms with van der Waals surface area (Å²) in [4.78, 5) is 8.72.